The van der Waals surface area contributed by atoms with Crippen molar-refractivity contribution in [1.82, 2.24) is 10.2 Å². The van der Waals surface area contributed by atoms with Crippen LogP contribution >= 0.6 is 0 Å². The topological polar surface area (TPSA) is 69.6 Å². The largest absolute Gasteiger partial charge is 0.480 e. The second-order valence-electron chi connectivity index (χ2n) is 5.22. The maximum Gasteiger partial charge on any atom is 0.326 e. The summed E-state index contributed by atoms with van der Waals surface area (Å²) in [6.45, 7) is 5.33. The highest BCUT2D eigenvalue weighted by Crippen LogP contribution is 2.28. The molecule has 2 aliphatic heterocycles. The van der Waals surface area contributed by atoms with Gasteiger partial charge < -0.3 is 15.3 Å². The zero-order chi connectivity index (χ0) is 12.6. The molecule has 2 N–H and O–H groups in total. The first-order chi connectivity index (χ1) is 8.02. The Labute approximate surface area is 101 Å². The zero-order valence-electron chi connectivity index (χ0n) is 10.3. The van der Waals surface area contributed by atoms with Crippen molar-refractivity contribution in [2.75, 3.05) is 13.1 Å². The van der Waals surface area contributed by atoms with E-state index in [1.54, 1.807) is 4.90 Å². The normalized spacial score (nSPS) is 37.4. The van der Waals surface area contributed by atoms with Gasteiger partial charge in [-0.2, -0.15) is 0 Å². The molecule has 0 spiro atoms. The van der Waals surface area contributed by atoms with Gasteiger partial charge in [-0.3, -0.25) is 4.79 Å². The molecular weight excluding hydrogens is 220 g/mol. The van der Waals surface area contributed by atoms with Gasteiger partial charge in [0.1, 0.15) is 6.04 Å². The molecule has 2 heterocycles. The average Bonchev–Trinajstić information content (AvgIpc) is 2.83. The SMILES string of the molecule is CC1CCN(C(=O)C2CCNC2C)C1C(=O)O. The number of nitrogens with one attached hydrogen (secondary N) is 1. The van der Waals surface area contributed by atoms with E-state index in [-0.39, 0.29) is 23.8 Å². The third-order valence-electron chi connectivity index (χ3n) is 4.08. The van der Waals surface area contributed by atoms with Crippen molar-refractivity contribution in [2.45, 2.75) is 38.8 Å². The summed E-state index contributed by atoms with van der Waals surface area (Å²) in [6.07, 6.45) is 1.61. The Morgan fingerprint density at radius 2 is 2.00 bits per heavy atom. The molecule has 0 radical (unpaired) electrons. The lowest BCUT2D eigenvalue weighted by Gasteiger charge is -2.27. The predicted octanol–water partition coefficient (Wildman–Crippen LogP) is 0.306. The maximum atomic E-state index is 12.3. The van der Waals surface area contributed by atoms with Crippen LogP contribution in [0.1, 0.15) is 26.7 Å². The summed E-state index contributed by atoms with van der Waals surface area (Å²) in [5.74, 6) is -0.857. The molecule has 2 saturated heterocycles. The Morgan fingerprint density at radius 1 is 1.29 bits per heavy atom. The molecule has 5 nitrogen and oxygen atoms in total. The van der Waals surface area contributed by atoms with E-state index in [1.807, 2.05) is 13.8 Å². The molecule has 17 heavy (non-hydrogen) atoms. The van der Waals surface area contributed by atoms with Crippen molar-refractivity contribution in [2.24, 2.45) is 11.8 Å². The van der Waals surface area contributed by atoms with Gasteiger partial charge >= 0.3 is 5.97 Å². The molecule has 96 valence electrons. The number of aliphatic carboxylic acids is 1. The second-order valence-corrected chi connectivity index (χ2v) is 5.22. The minimum atomic E-state index is -0.873. The molecule has 0 saturated carbocycles. The number of carbonyl (C=O) groups is 2. The molecule has 1 amide bonds. The van der Waals surface area contributed by atoms with Gasteiger partial charge in [0.05, 0.1) is 5.92 Å². The highest BCUT2D eigenvalue weighted by Gasteiger charge is 2.43. The first-order valence-corrected chi connectivity index (χ1v) is 6.29. The summed E-state index contributed by atoms with van der Waals surface area (Å²) in [4.78, 5) is 25.1. The van der Waals surface area contributed by atoms with Gasteiger partial charge in [0.2, 0.25) is 5.91 Å². The molecule has 2 rings (SSSR count). The summed E-state index contributed by atoms with van der Waals surface area (Å²) >= 11 is 0. The van der Waals surface area contributed by atoms with Gasteiger partial charge in [0, 0.05) is 12.6 Å². The van der Waals surface area contributed by atoms with Crippen molar-refractivity contribution < 1.29 is 14.7 Å². The number of carbonyl (C=O) groups excluding carboxylic acids is 1. The van der Waals surface area contributed by atoms with Crippen molar-refractivity contribution in [1.29, 1.82) is 0 Å². The molecular formula is C12H20N2O3. The van der Waals surface area contributed by atoms with Crippen LogP contribution in [-0.2, 0) is 9.59 Å². The summed E-state index contributed by atoms with van der Waals surface area (Å²) in [7, 11) is 0. The van der Waals surface area contributed by atoms with Gasteiger partial charge in [0.25, 0.3) is 0 Å². The highest BCUT2D eigenvalue weighted by molar-refractivity contribution is 5.86. The monoisotopic (exact) mass is 240 g/mol. The number of hydrogen-bond acceptors (Lipinski definition) is 3. The number of amides is 1. The number of carboxylic acid groups (broad SMARTS) is 1. The van der Waals surface area contributed by atoms with Crippen LogP contribution < -0.4 is 5.32 Å². The Morgan fingerprint density at radius 3 is 2.53 bits per heavy atom. The Bertz CT molecular complexity index is 332. The van der Waals surface area contributed by atoms with Gasteiger partial charge in [-0.15, -0.1) is 0 Å². The molecule has 0 aromatic carbocycles. The van der Waals surface area contributed by atoms with Crippen LogP contribution in [0.3, 0.4) is 0 Å². The lowest BCUT2D eigenvalue weighted by Crippen LogP contribution is -2.47. The third-order valence-corrected chi connectivity index (χ3v) is 4.08. The van der Waals surface area contributed by atoms with E-state index < -0.39 is 12.0 Å². The molecule has 0 aliphatic carbocycles. The lowest BCUT2D eigenvalue weighted by molar-refractivity contribution is -0.151. The van der Waals surface area contributed by atoms with Crippen LogP contribution in [0.4, 0.5) is 0 Å². The molecule has 0 bridgehead atoms. The lowest BCUT2D eigenvalue weighted by atomic mass is 9.98. The predicted molar refractivity (Wildman–Crippen MR) is 62.5 cm³/mol. The van der Waals surface area contributed by atoms with Crippen LogP contribution in [0.2, 0.25) is 0 Å². The van der Waals surface area contributed by atoms with Crippen molar-refractivity contribution in [3.05, 3.63) is 0 Å². The van der Waals surface area contributed by atoms with Gasteiger partial charge in [-0.1, -0.05) is 6.92 Å². The number of hydrogen-bond donors (Lipinski definition) is 2. The fourth-order valence-electron chi connectivity index (χ4n) is 2.98. The zero-order valence-corrected chi connectivity index (χ0v) is 10.3. The van der Waals surface area contributed by atoms with Crippen LogP contribution in [0.25, 0.3) is 0 Å². The van der Waals surface area contributed by atoms with Crippen LogP contribution in [0.15, 0.2) is 0 Å². The first-order valence-electron chi connectivity index (χ1n) is 6.29. The number of rotatable bonds is 2. The Kier molecular flexibility index (Phi) is 3.38. The molecule has 2 fully saturated rings. The standard InChI is InChI=1S/C12H20N2O3/c1-7-4-6-14(10(7)12(16)17)11(15)9-3-5-13-8(9)2/h7-10,13H,3-6H2,1-2H3,(H,16,17). The minimum absolute atomic E-state index is 0.0132. The van der Waals surface area contributed by atoms with Crippen LogP contribution in [0.5, 0.6) is 0 Å². The van der Waals surface area contributed by atoms with E-state index in [0.717, 1.165) is 19.4 Å². The fourth-order valence-corrected chi connectivity index (χ4v) is 2.98. The number of carboxylic acids is 1. The van der Waals surface area contributed by atoms with Gasteiger partial charge in [-0.05, 0) is 32.2 Å². The van der Waals surface area contributed by atoms with Crippen LogP contribution in [0, 0.1) is 11.8 Å². The average molecular weight is 240 g/mol. The molecule has 0 aromatic rings. The van der Waals surface area contributed by atoms with E-state index >= 15 is 0 Å². The smallest absolute Gasteiger partial charge is 0.326 e. The number of nitrogens with zero attached hydrogens (tertiary/aromatic N) is 1. The minimum Gasteiger partial charge on any atom is -0.480 e. The number of likely N-dealkylation sites (tertiary alicyclic amines) is 1. The first kappa shape index (κ1) is 12.4. The quantitative estimate of drug-likeness (QED) is 0.728. The van der Waals surface area contributed by atoms with E-state index in [4.69, 9.17) is 0 Å². The second kappa shape index (κ2) is 4.64. The summed E-state index contributed by atoms with van der Waals surface area (Å²) < 4.78 is 0. The summed E-state index contributed by atoms with van der Waals surface area (Å²) in [5, 5.41) is 12.4. The van der Waals surface area contributed by atoms with Crippen molar-refractivity contribution >= 4 is 11.9 Å². The summed E-state index contributed by atoms with van der Waals surface area (Å²) in [6, 6.07) is -0.469. The molecule has 5 heteroatoms. The third kappa shape index (κ3) is 2.16. The highest BCUT2D eigenvalue weighted by atomic mass is 16.4. The molecule has 4 atom stereocenters. The van der Waals surface area contributed by atoms with Gasteiger partial charge in [-0.25, -0.2) is 4.79 Å². The van der Waals surface area contributed by atoms with Gasteiger partial charge in [0.15, 0.2) is 0 Å². The molecule has 0 aromatic heterocycles. The van der Waals surface area contributed by atoms with Crippen LogP contribution in [-0.4, -0.2) is 47.1 Å². The Balaban J connectivity index is 2.11. The van der Waals surface area contributed by atoms with E-state index in [0.29, 0.717) is 6.54 Å². The Hall–Kier alpha value is -1.10. The van der Waals surface area contributed by atoms with E-state index in [1.165, 1.54) is 0 Å². The van der Waals surface area contributed by atoms with Crippen molar-refractivity contribution in [3.8, 4) is 0 Å². The molecule has 2 aliphatic rings. The maximum absolute atomic E-state index is 12.3. The fraction of sp³-hybridized carbons (Fsp3) is 0.833. The van der Waals surface area contributed by atoms with E-state index in [9.17, 15) is 14.7 Å². The van der Waals surface area contributed by atoms with Crippen molar-refractivity contribution in [3.63, 3.8) is 0 Å². The molecule has 4 unspecified atom stereocenters. The van der Waals surface area contributed by atoms with E-state index in [2.05, 4.69) is 5.32 Å². The summed E-state index contributed by atoms with van der Waals surface area (Å²) in [5.41, 5.74) is 0.